The maximum atomic E-state index is 12.1. The number of nitrogens with zero attached hydrogens (tertiary/aromatic N) is 2. The fourth-order valence-corrected chi connectivity index (χ4v) is 3.38. The van der Waals surface area contributed by atoms with Gasteiger partial charge in [-0.25, -0.2) is 4.98 Å². The van der Waals surface area contributed by atoms with Gasteiger partial charge < -0.3 is 10.1 Å². The summed E-state index contributed by atoms with van der Waals surface area (Å²) in [6.07, 6.45) is 1.91. The number of hydrogen-bond donors (Lipinski definition) is 1. The van der Waals surface area contributed by atoms with E-state index in [0.717, 1.165) is 15.5 Å². The third-order valence-corrected chi connectivity index (χ3v) is 4.54. The van der Waals surface area contributed by atoms with Crippen molar-refractivity contribution in [3.05, 3.63) is 34.8 Å². The molecule has 3 rings (SSSR count). The van der Waals surface area contributed by atoms with Crippen LogP contribution in [0.15, 0.2) is 29.1 Å². The molecule has 20 heavy (non-hydrogen) atoms. The van der Waals surface area contributed by atoms with Crippen molar-refractivity contribution in [1.29, 1.82) is 0 Å². The normalized spacial score (nSPS) is 11.1. The van der Waals surface area contributed by atoms with Crippen LogP contribution in [0.5, 0.6) is 0 Å². The molecule has 3 aromatic heterocycles. The fourth-order valence-electron chi connectivity index (χ4n) is 1.85. The number of rotatable bonds is 5. The first-order valence-corrected chi connectivity index (χ1v) is 7.83. The molecular formula is C13H13N3O2S2. The van der Waals surface area contributed by atoms with Gasteiger partial charge in [0, 0.05) is 25.2 Å². The van der Waals surface area contributed by atoms with Gasteiger partial charge in [0.05, 0.1) is 11.5 Å². The predicted octanol–water partition coefficient (Wildman–Crippen LogP) is 2.50. The van der Waals surface area contributed by atoms with Crippen LogP contribution < -0.4 is 5.32 Å². The lowest BCUT2D eigenvalue weighted by atomic mass is 10.4. The quantitative estimate of drug-likeness (QED) is 0.737. The maximum Gasteiger partial charge on any atom is 0.269 e. The van der Waals surface area contributed by atoms with Gasteiger partial charge in [-0.05, 0) is 11.4 Å². The summed E-state index contributed by atoms with van der Waals surface area (Å²) in [4.78, 5) is 18.6. The molecule has 0 aliphatic carbocycles. The van der Waals surface area contributed by atoms with E-state index in [4.69, 9.17) is 4.74 Å². The number of thiophene rings is 1. The molecule has 0 atom stereocenters. The average Bonchev–Trinajstić information content (AvgIpc) is 3.14. The second-order valence-corrected chi connectivity index (χ2v) is 5.91. The lowest BCUT2D eigenvalue weighted by Crippen LogP contribution is -2.27. The van der Waals surface area contributed by atoms with Crippen molar-refractivity contribution >= 4 is 33.5 Å². The summed E-state index contributed by atoms with van der Waals surface area (Å²) in [5.74, 6) is -0.108. The Morgan fingerprint density at radius 1 is 1.50 bits per heavy atom. The summed E-state index contributed by atoms with van der Waals surface area (Å²) in [7, 11) is 1.61. The molecule has 0 spiro atoms. The van der Waals surface area contributed by atoms with Crippen molar-refractivity contribution in [2.75, 3.05) is 20.3 Å². The zero-order valence-corrected chi connectivity index (χ0v) is 12.5. The van der Waals surface area contributed by atoms with Crippen molar-refractivity contribution < 1.29 is 9.53 Å². The largest absolute Gasteiger partial charge is 0.383 e. The Morgan fingerprint density at radius 2 is 2.40 bits per heavy atom. The predicted molar refractivity (Wildman–Crippen MR) is 80.6 cm³/mol. The van der Waals surface area contributed by atoms with Gasteiger partial charge in [0.15, 0.2) is 4.96 Å². The van der Waals surface area contributed by atoms with E-state index in [9.17, 15) is 4.79 Å². The van der Waals surface area contributed by atoms with Crippen LogP contribution in [0.3, 0.4) is 0 Å². The van der Waals surface area contributed by atoms with Crippen LogP contribution in [0.2, 0.25) is 0 Å². The highest BCUT2D eigenvalue weighted by Crippen LogP contribution is 2.26. The van der Waals surface area contributed by atoms with Gasteiger partial charge in [-0.3, -0.25) is 9.20 Å². The number of nitrogens with one attached hydrogen (secondary N) is 1. The first-order valence-electron chi connectivity index (χ1n) is 6.07. The van der Waals surface area contributed by atoms with E-state index in [2.05, 4.69) is 10.3 Å². The van der Waals surface area contributed by atoms with Gasteiger partial charge in [-0.15, -0.1) is 22.7 Å². The van der Waals surface area contributed by atoms with E-state index in [1.165, 1.54) is 11.3 Å². The van der Waals surface area contributed by atoms with E-state index >= 15 is 0 Å². The minimum absolute atomic E-state index is 0.108. The third kappa shape index (κ3) is 2.47. The van der Waals surface area contributed by atoms with Gasteiger partial charge in [-0.1, -0.05) is 6.07 Å². The first kappa shape index (κ1) is 13.3. The number of aromatic nitrogens is 2. The number of ether oxygens (including phenoxy) is 1. The van der Waals surface area contributed by atoms with Crippen LogP contribution in [0.1, 0.15) is 10.5 Å². The van der Waals surface area contributed by atoms with Crippen LogP contribution >= 0.6 is 22.7 Å². The number of methoxy groups -OCH3 is 1. The SMILES string of the molecule is COCCNC(=O)c1csc2nc(-c3cccs3)cn12. The first-order chi connectivity index (χ1) is 9.79. The monoisotopic (exact) mass is 307 g/mol. The van der Waals surface area contributed by atoms with Gasteiger partial charge in [0.1, 0.15) is 11.4 Å². The highest BCUT2D eigenvalue weighted by atomic mass is 32.1. The standard InChI is InChI=1S/C13H13N3O2S2/c1-18-5-4-14-12(17)10-8-20-13-15-9(7-16(10)13)11-3-2-6-19-11/h2-3,6-8H,4-5H2,1H3,(H,14,17). The zero-order valence-electron chi connectivity index (χ0n) is 10.8. The van der Waals surface area contributed by atoms with Crippen LogP contribution in [-0.2, 0) is 4.74 Å². The lowest BCUT2D eigenvalue weighted by Gasteiger charge is -2.02. The van der Waals surface area contributed by atoms with Crippen LogP contribution in [0, 0.1) is 0 Å². The molecule has 0 saturated heterocycles. The number of carbonyl (C=O) groups excluding carboxylic acids is 1. The maximum absolute atomic E-state index is 12.1. The van der Waals surface area contributed by atoms with Crippen molar-refractivity contribution in [3.8, 4) is 10.6 Å². The number of fused-ring (bicyclic) bond motifs is 1. The van der Waals surface area contributed by atoms with Crippen LogP contribution in [0.25, 0.3) is 15.5 Å². The summed E-state index contributed by atoms with van der Waals surface area (Å²) in [5, 5.41) is 6.66. The van der Waals surface area contributed by atoms with Gasteiger partial charge in [0.2, 0.25) is 0 Å². The lowest BCUT2D eigenvalue weighted by molar-refractivity contribution is 0.0931. The van der Waals surface area contributed by atoms with Crippen LogP contribution in [0.4, 0.5) is 0 Å². The second-order valence-electron chi connectivity index (χ2n) is 4.13. The van der Waals surface area contributed by atoms with E-state index in [0.29, 0.717) is 18.8 Å². The topological polar surface area (TPSA) is 55.6 Å². The summed E-state index contributed by atoms with van der Waals surface area (Å²) in [6.45, 7) is 1.00. The smallest absolute Gasteiger partial charge is 0.269 e. The zero-order chi connectivity index (χ0) is 13.9. The second kappa shape index (κ2) is 5.74. The van der Waals surface area contributed by atoms with E-state index in [1.807, 2.05) is 33.5 Å². The molecule has 104 valence electrons. The Kier molecular flexibility index (Phi) is 3.81. The van der Waals surface area contributed by atoms with Gasteiger partial charge in [0.25, 0.3) is 5.91 Å². The number of hydrogen-bond acceptors (Lipinski definition) is 5. The van der Waals surface area contributed by atoms with Crippen molar-refractivity contribution in [1.82, 2.24) is 14.7 Å². The summed E-state index contributed by atoms with van der Waals surface area (Å²) in [6, 6.07) is 4.02. The molecule has 0 unspecified atom stereocenters. The molecule has 0 radical (unpaired) electrons. The molecule has 1 N–H and O–H groups in total. The Balaban J connectivity index is 1.87. The Hall–Kier alpha value is -1.70. The van der Waals surface area contributed by atoms with Gasteiger partial charge in [-0.2, -0.15) is 0 Å². The van der Waals surface area contributed by atoms with E-state index < -0.39 is 0 Å². The number of carbonyl (C=O) groups is 1. The van der Waals surface area contributed by atoms with Gasteiger partial charge >= 0.3 is 0 Å². The summed E-state index contributed by atoms with van der Waals surface area (Å²) in [5.41, 5.74) is 1.51. The Bertz CT molecular complexity index is 715. The molecule has 3 aromatic rings. The number of amides is 1. The number of thiazole rings is 1. The number of imidazole rings is 1. The molecule has 0 bridgehead atoms. The molecular weight excluding hydrogens is 294 g/mol. The average molecular weight is 307 g/mol. The third-order valence-electron chi connectivity index (χ3n) is 2.81. The molecule has 1 amide bonds. The minimum atomic E-state index is -0.108. The molecule has 3 heterocycles. The molecule has 5 nitrogen and oxygen atoms in total. The molecule has 0 aromatic carbocycles. The molecule has 0 aliphatic rings. The molecule has 0 aliphatic heterocycles. The summed E-state index contributed by atoms with van der Waals surface area (Å²) < 4.78 is 6.76. The minimum Gasteiger partial charge on any atom is -0.383 e. The summed E-state index contributed by atoms with van der Waals surface area (Å²) >= 11 is 3.10. The van der Waals surface area contributed by atoms with Crippen molar-refractivity contribution in [3.63, 3.8) is 0 Å². The molecule has 0 saturated carbocycles. The highest BCUT2D eigenvalue weighted by Gasteiger charge is 2.15. The van der Waals surface area contributed by atoms with Crippen molar-refractivity contribution in [2.45, 2.75) is 0 Å². The fraction of sp³-hybridized carbons (Fsp3) is 0.231. The molecule has 7 heteroatoms. The van der Waals surface area contributed by atoms with E-state index in [-0.39, 0.29) is 5.91 Å². The Morgan fingerprint density at radius 3 is 3.15 bits per heavy atom. The molecule has 0 fully saturated rings. The highest BCUT2D eigenvalue weighted by molar-refractivity contribution is 7.15. The Labute approximate surface area is 123 Å². The van der Waals surface area contributed by atoms with E-state index in [1.54, 1.807) is 18.4 Å². The van der Waals surface area contributed by atoms with Crippen LogP contribution in [-0.4, -0.2) is 35.6 Å². The van der Waals surface area contributed by atoms with Crippen molar-refractivity contribution in [2.24, 2.45) is 0 Å².